The fraction of sp³-hybridized carbons (Fsp3) is 0.357. The van der Waals surface area contributed by atoms with Crippen molar-refractivity contribution in [2.24, 2.45) is 5.92 Å². The topological polar surface area (TPSA) is 105 Å². The molecular weight excluding hydrogens is 530 g/mol. The molecule has 3 heterocycles. The van der Waals surface area contributed by atoms with Crippen LogP contribution in [0.4, 0.5) is 14.5 Å². The van der Waals surface area contributed by atoms with Gasteiger partial charge in [0.05, 0.1) is 23.4 Å². The zero-order chi connectivity index (χ0) is 27.7. The SMILES string of the molecule is COc1ccc(C2(O)C(=O)N(CC3CCC(NC(=O)c4cc(Cl)cnc4C(F)F)CC3)c3ccccc32)cn1. The Balaban J connectivity index is 1.26. The predicted octanol–water partition coefficient (Wildman–Crippen LogP) is 4.65. The van der Waals surface area contributed by atoms with Crippen molar-refractivity contribution in [2.45, 2.75) is 43.8 Å². The highest BCUT2D eigenvalue weighted by Crippen LogP contribution is 2.45. The van der Waals surface area contributed by atoms with Crippen LogP contribution in [0.3, 0.4) is 0 Å². The molecule has 1 aromatic carbocycles. The zero-order valence-electron chi connectivity index (χ0n) is 21.1. The van der Waals surface area contributed by atoms with E-state index in [-0.39, 0.29) is 22.5 Å². The van der Waals surface area contributed by atoms with Gasteiger partial charge in [0.15, 0.2) is 5.60 Å². The molecule has 3 aromatic rings. The van der Waals surface area contributed by atoms with E-state index in [1.165, 1.54) is 19.4 Å². The number of rotatable bonds is 7. The van der Waals surface area contributed by atoms with E-state index in [1.54, 1.807) is 29.2 Å². The van der Waals surface area contributed by atoms with Gasteiger partial charge in [0.2, 0.25) is 5.88 Å². The molecule has 1 atom stereocenters. The Kier molecular flexibility index (Phi) is 7.51. The molecule has 1 aliphatic carbocycles. The first-order valence-corrected chi connectivity index (χ1v) is 13.0. The van der Waals surface area contributed by atoms with Gasteiger partial charge in [0.25, 0.3) is 18.2 Å². The normalized spacial score (nSPS) is 22.6. The molecule has 2 amide bonds. The Hall–Kier alpha value is -3.63. The van der Waals surface area contributed by atoms with Crippen LogP contribution in [0.2, 0.25) is 5.02 Å². The number of hydrogen-bond donors (Lipinski definition) is 2. The monoisotopic (exact) mass is 556 g/mol. The van der Waals surface area contributed by atoms with Crippen LogP contribution in [0.15, 0.2) is 54.9 Å². The number of halogens is 3. The van der Waals surface area contributed by atoms with Crippen LogP contribution in [-0.4, -0.2) is 46.6 Å². The van der Waals surface area contributed by atoms with E-state index in [2.05, 4.69) is 15.3 Å². The van der Waals surface area contributed by atoms with E-state index in [1.807, 2.05) is 12.1 Å². The number of pyridine rings is 2. The molecule has 0 spiro atoms. The number of carbonyl (C=O) groups excluding carboxylic acids is 2. The fourth-order valence-corrected chi connectivity index (χ4v) is 5.58. The lowest BCUT2D eigenvalue weighted by atomic mass is 9.85. The number of para-hydroxylation sites is 1. The maximum atomic E-state index is 13.7. The van der Waals surface area contributed by atoms with E-state index >= 15 is 0 Å². The minimum Gasteiger partial charge on any atom is -0.481 e. The summed E-state index contributed by atoms with van der Waals surface area (Å²) in [6, 6.07) is 11.4. The van der Waals surface area contributed by atoms with Gasteiger partial charge in [-0.2, -0.15) is 0 Å². The summed E-state index contributed by atoms with van der Waals surface area (Å²) in [4.78, 5) is 35.8. The number of methoxy groups -OCH3 is 1. The number of hydrogen-bond acceptors (Lipinski definition) is 6. The molecule has 2 N–H and O–H groups in total. The molecule has 2 aromatic heterocycles. The minimum atomic E-state index is -2.90. The quantitative estimate of drug-likeness (QED) is 0.439. The lowest BCUT2D eigenvalue weighted by Crippen LogP contribution is -2.44. The fourth-order valence-electron chi connectivity index (χ4n) is 5.43. The molecule has 1 fully saturated rings. The van der Waals surface area contributed by atoms with Crippen LogP contribution in [0, 0.1) is 5.92 Å². The number of aliphatic hydroxyl groups is 1. The smallest absolute Gasteiger partial charge is 0.281 e. The third-order valence-electron chi connectivity index (χ3n) is 7.46. The molecule has 1 unspecified atom stereocenters. The highest BCUT2D eigenvalue weighted by Gasteiger charge is 2.51. The Morgan fingerprint density at radius 1 is 1.18 bits per heavy atom. The molecule has 0 bridgehead atoms. The molecule has 0 radical (unpaired) electrons. The van der Waals surface area contributed by atoms with E-state index in [0.717, 1.165) is 6.20 Å². The number of amides is 2. The third kappa shape index (κ3) is 5.06. The van der Waals surface area contributed by atoms with Gasteiger partial charge in [0.1, 0.15) is 5.69 Å². The van der Waals surface area contributed by atoms with Gasteiger partial charge in [-0.15, -0.1) is 0 Å². The Morgan fingerprint density at radius 2 is 1.92 bits per heavy atom. The van der Waals surface area contributed by atoms with Crippen molar-refractivity contribution in [3.8, 4) is 5.88 Å². The van der Waals surface area contributed by atoms with Crippen molar-refractivity contribution in [3.63, 3.8) is 0 Å². The largest absolute Gasteiger partial charge is 0.481 e. The van der Waals surface area contributed by atoms with Crippen molar-refractivity contribution in [2.75, 3.05) is 18.6 Å². The summed E-state index contributed by atoms with van der Waals surface area (Å²) in [6.45, 7) is 0.399. The molecule has 2 aliphatic rings. The lowest BCUT2D eigenvalue weighted by Gasteiger charge is -2.32. The lowest BCUT2D eigenvalue weighted by molar-refractivity contribution is -0.132. The molecule has 1 aliphatic heterocycles. The van der Waals surface area contributed by atoms with Crippen molar-refractivity contribution in [1.29, 1.82) is 0 Å². The van der Waals surface area contributed by atoms with E-state index in [9.17, 15) is 23.5 Å². The maximum absolute atomic E-state index is 13.7. The molecule has 5 rings (SSSR count). The first kappa shape index (κ1) is 27.0. The first-order valence-electron chi connectivity index (χ1n) is 12.6. The molecule has 0 saturated heterocycles. The Morgan fingerprint density at radius 3 is 2.59 bits per heavy atom. The maximum Gasteiger partial charge on any atom is 0.281 e. The van der Waals surface area contributed by atoms with E-state index in [0.29, 0.717) is 54.9 Å². The van der Waals surface area contributed by atoms with Crippen LogP contribution in [0.25, 0.3) is 0 Å². The second-order valence-corrected chi connectivity index (χ2v) is 10.2. The summed E-state index contributed by atoms with van der Waals surface area (Å²) in [5, 5.41) is 14.6. The standard InChI is InChI=1S/C28H27ClF2N4O4/c1-39-23-11-8-17(13-32-23)28(38)21-4-2-3-5-22(21)35(27(28)37)15-16-6-9-19(10-7-16)34-26(36)20-12-18(29)14-33-24(20)25(30)31/h2-5,8,11-14,16,19,25,38H,6-7,9-10,15H2,1H3,(H,34,36). The van der Waals surface area contributed by atoms with Gasteiger partial charge >= 0.3 is 0 Å². The summed E-state index contributed by atoms with van der Waals surface area (Å²) in [6.07, 6.45) is 2.28. The Labute approximate surface area is 229 Å². The van der Waals surface area contributed by atoms with Crippen molar-refractivity contribution in [3.05, 3.63) is 82.3 Å². The number of benzene rings is 1. The number of carbonyl (C=O) groups is 2. The van der Waals surface area contributed by atoms with Crippen molar-refractivity contribution in [1.82, 2.24) is 15.3 Å². The number of ether oxygens (including phenoxy) is 1. The highest BCUT2D eigenvalue weighted by molar-refractivity contribution is 6.30. The van der Waals surface area contributed by atoms with Gasteiger partial charge in [0, 0.05) is 42.2 Å². The van der Waals surface area contributed by atoms with Crippen LogP contribution in [-0.2, 0) is 10.4 Å². The molecule has 8 nitrogen and oxygen atoms in total. The number of fused-ring (bicyclic) bond motifs is 1. The second kappa shape index (κ2) is 10.9. The minimum absolute atomic E-state index is 0.106. The highest BCUT2D eigenvalue weighted by atomic mass is 35.5. The molecular formula is C28H27ClF2N4O4. The second-order valence-electron chi connectivity index (χ2n) is 9.81. The summed E-state index contributed by atoms with van der Waals surface area (Å²) in [5.41, 5.74) is -1.21. The van der Waals surface area contributed by atoms with E-state index < -0.39 is 29.5 Å². The van der Waals surface area contributed by atoms with E-state index in [4.69, 9.17) is 16.3 Å². The summed E-state index contributed by atoms with van der Waals surface area (Å²) in [5.74, 6) is -0.584. The van der Waals surface area contributed by atoms with Gasteiger partial charge in [-0.1, -0.05) is 29.8 Å². The molecule has 39 heavy (non-hydrogen) atoms. The number of nitrogens with one attached hydrogen (secondary N) is 1. The average Bonchev–Trinajstić information content (AvgIpc) is 3.16. The number of alkyl halides is 2. The van der Waals surface area contributed by atoms with Crippen molar-refractivity contribution < 1.29 is 28.2 Å². The van der Waals surface area contributed by atoms with Gasteiger partial charge in [-0.3, -0.25) is 14.6 Å². The first-order chi connectivity index (χ1) is 18.7. The average molecular weight is 557 g/mol. The predicted molar refractivity (Wildman–Crippen MR) is 140 cm³/mol. The molecule has 1 saturated carbocycles. The third-order valence-corrected chi connectivity index (χ3v) is 7.67. The zero-order valence-corrected chi connectivity index (χ0v) is 21.9. The molecule has 204 valence electrons. The van der Waals surface area contributed by atoms with Crippen molar-refractivity contribution >= 4 is 29.1 Å². The number of aromatic nitrogens is 2. The van der Waals surface area contributed by atoms with Gasteiger partial charge in [-0.25, -0.2) is 13.8 Å². The van der Waals surface area contributed by atoms with Crippen LogP contribution < -0.4 is 15.0 Å². The number of anilines is 1. The number of nitrogens with zero attached hydrogens (tertiary/aromatic N) is 3. The van der Waals surface area contributed by atoms with Gasteiger partial charge in [-0.05, 0) is 49.8 Å². The van der Waals surface area contributed by atoms with Crippen LogP contribution in [0.1, 0.15) is 59.3 Å². The molecule has 11 heteroatoms. The summed E-state index contributed by atoms with van der Waals surface area (Å²) < 4.78 is 31.8. The Bertz CT molecular complexity index is 1380. The van der Waals surface area contributed by atoms with Crippen LogP contribution in [0.5, 0.6) is 5.88 Å². The van der Waals surface area contributed by atoms with Gasteiger partial charge < -0.3 is 20.1 Å². The van der Waals surface area contributed by atoms with Crippen LogP contribution >= 0.6 is 11.6 Å². The summed E-state index contributed by atoms with van der Waals surface area (Å²) >= 11 is 5.88. The summed E-state index contributed by atoms with van der Waals surface area (Å²) in [7, 11) is 1.49.